The van der Waals surface area contributed by atoms with Crippen LogP contribution in [0.1, 0.15) is 23.3 Å². The Morgan fingerprint density at radius 2 is 2.09 bits per heavy atom. The number of hydrogen-bond donors (Lipinski definition) is 0. The molecule has 0 amide bonds. The number of pyridine rings is 1. The summed E-state index contributed by atoms with van der Waals surface area (Å²) in [4.78, 5) is 27.3. The van der Waals surface area contributed by atoms with E-state index >= 15 is 0 Å². The van der Waals surface area contributed by atoms with Gasteiger partial charge in [-0.05, 0) is 25.0 Å². The zero-order valence-corrected chi connectivity index (χ0v) is 12.5. The van der Waals surface area contributed by atoms with Gasteiger partial charge in [-0.3, -0.25) is 9.78 Å². The lowest BCUT2D eigenvalue weighted by Crippen LogP contribution is -2.39. The molecule has 2 aromatic heterocycles. The van der Waals surface area contributed by atoms with Crippen LogP contribution in [0.2, 0.25) is 0 Å². The minimum atomic E-state index is -0.0737. The number of methoxy groups -OCH3 is 1. The van der Waals surface area contributed by atoms with Gasteiger partial charge in [0.15, 0.2) is 11.6 Å². The Balaban J connectivity index is 1.78. The van der Waals surface area contributed by atoms with Crippen molar-refractivity contribution in [3.63, 3.8) is 0 Å². The number of carbonyl (C=O) groups excluding carboxylic acids is 1. The molecule has 0 spiro atoms. The van der Waals surface area contributed by atoms with Crippen molar-refractivity contribution in [3.05, 3.63) is 42.5 Å². The Morgan fingerprint density at radius 1 is 1.23 bits per heavy atom. The minimum Gasteiger partial charge on any atom is -0.478 e. The molecule has 0 aromatic carbocycles. The summed E-state index contributed by atoms with van der Waals surface area (Å²) in [6, 6.07) is 5.42. The number of nitrogens with zero attached hydrogens (tertiary/aromatic N) is 4. The number of Topliss-reactive ketones (excluding diaryl/α,β-unsaturated/α-hetero) is 1. The first-order valence-electron chi connectivity index (χ1n) is 7.35. The van der Waals surface area contributed by atoms with Crippen LogP contribution in [0.5, 0.6) is 5.88 Å². The summed E-state index contributed by atoms with van der Waals surface area (Å²) in [5.74, 6) is 1.21. The third-order valence-corrected chi connectivity index (χ3v) is 3.85. The Kier molecular flexibility index (Phi) is 4.27. The van der Waals surface area contributed by atoms with E-state index in [1.807, 2.05) is 12.1 Å². The second-order valence-corrected chi connectivity index (χ2v) is 5.25. The van der Waals surface area contributed by atoms with Crippen LogP contribution >= 0.6 is 0 Å². The maximum atomic E-state index is 12.6. The van der Waals surface area contributed by atoms with Gasteiger partial charge in [-0.1, -0.05) is 6.07 Å². The second kappa shape index (κ2) is 6.51. The molecule has 114 valence electrons. The van der Waals surface area contributed by atoms with Crippen LogP contribution in [-0.4, -0.2) is 40.9 Å². The van der Waals surface area contributed by atoms with E-state index in [4.69, 9.17) is 4.74 Å². The van der Waals surface area contributed by atoms with Crippen molar-refractivity contribution in [2.45, 2.75) is 12.8 Å². The molecule has 3 heterocycles. The van der Waals surface area contributed by atoms with Crippen molar-refractivity contribution in [1.82, 2.24) is 15.0 Å². The van der Waals surface area contributed by atoms with Crippen molar-refractivity contribution in [1.29, 1.82) is 0 Å². The third kappa shape index (κ3) is 2.90. The molecule has 3 rings (SSSR count). The first kappa shape index (κ1) is 14.4. The molecule has 0 bridgehead atoms. The zero-order chi connectivity index (χ0) is 15.4. The number of hydrogen-bond acceptors (Lipinski definition) is 6. The van der Waals surface area contributed by atoms with Crippen LogP contribution in [0.25, 0.3) is 0 Å². The molecule has 0 N–H and O–H groups in total. The van der Waals surface area contributed by atoms with Gasteiger partial charge in [-0.15, -0.1) is 0 Å². The summed E-state index contributed by atoms with van der Waals surface area (Å²) in [5.41, 5.74) is 0.528. The van der Waals surface area contributed by atoms with Crippen LogP contribution < -0.4 is 9.64 Å². The Hall–Kier alpha value is -2.50. The largest absolute Gasteiger partial charge is 0.478 e. The molecule has 1 saturated heterocycles. The number of anilines is 1. The number of rotatable bonds is 4. The van der Waals surface area contributed by atoms with Gasteiger partial charge in [0.1, 0.15) is 5.69 Å². The second-order valence-electron chi connectivity index (χ2n) is 5.25. The highest BCUT2D eigenvalue weighted by molar-refractivity contribution is 5.96. The number of carbonyl (C=O) groups is 1. The lowest BCUT2D eigenvalue weighted by Gasteiger charge is -2.32. The van der Waals surface area contributed by atoms with E-state index in [9.17, 15) is 4.79 Å². The molecule has 0 unspecified atom stereocenters. The molecule has 1 aliphatic rings. The summed E-state index contributed by atoms with van der Waals surface area (Å²) in [6.45, 7) is 1.46. The molecule has 1 atom stereocenters. The Morgan fingerprint density at radius 3 is 2.86 bits per heavy atom. The van der Waals surface area contributed by atoms with Crippen molar-refractivity contribution in [3.8, 4) is 5.88 Å². The first-order chi connectivity index (χ1) is 10.8. The molecular formula is C16H18N4O2. The normalized spacial score (nSPS) is 18.0. The van der Waals surface area contributed by atoms with E-state index in [1.165, 1.54) is 0 Å². The van der Waals surface area contributed by atoms with Crippen LogP contribution in [0.3, 0.4) is 0 Å². The van der Waals surface area contributed by atoms with Gasteiger partial charge >= 0.3 is 0 Å². The quantitative estimate of drug-likeness (QED) is 0.804. The Bertz CT molecular complexity index is 648. The standard InChI is InChI=1S/C16H18N4O2/c1-22-16-15(18-8-9-19-16)20-10-4-5-12(11-20)14(21)13-6-2-3-7-17-13/h2-3,6-9,12H,4-5,10-11H2,1H3/t12-/m0/s1. The van der Waals surface area contributed by atoms with Crippen LogP contribution in [-0.2, 0) is 0 Å². The summed E-state index contributed by atoms with van der Waals surface area (Å²) in [7, 11) is 1.58. The van der Waals surface area contributed by atoms with Crippen molar-refractivity contribution >= 4 is 11.6 Å². The topological polar surface area (TPSA) is 68.2 Å². The van der Waals surface area contributed by atoms with Crippen LogP contribution in [0.4, 0.5) is 5.82 Å². The lowest BCUT2D eigenvalue weighted by molar-refractivity contribution is 0.0901. The highest BCUT2D eigenvalue weighted by Crippen LogP contribution is 2.28. The fourth-order valence-corrected chi connectivity index (χ4v) is 2.78. The van der Waals surface area contributed by atoms with Gasteiger partial charge < -0.3 is 9.64 Å². The molecule has 1 aliphatic heterocycles. The summed E-state index contributed by atoms with van der Waals surface area (Å²) >= 11 is 0. The molecule has 1 fully saturated rings. The fourth-order valence-electron chi connectivity index (χ4n) is 2.78. The summed E-state index contributed by atoms with van der Waals surface area (Å²) in [6.07, 6.45) is 6.70. The Labute approximate surface area is 129 Å². The van der Waals surface area contributed by atoms with Gasteiger partial charge in [0.25, 0.3) is 5.88 Å². The fraction of sp³-hybridized carbons (Fsp3) is 0.375. The smallest absolute Gasteiger partial charge is 0.257 e. The highest BCUT2D eigenvalue weighted by atomic mass is 16.5. The third-order valence-electron chi connectivity index (χ3n) is 3.85. The maximum Gasteiger partial charge on any atom is 0.257 e. The SMILES string of the molecule is COc1nccnc1N1CCC[C@H](C(=O)c2ccccn2)C1. The number of ether oxygens (including phenoxy) is 1. The number of ketones is 1. The van der Waals surface area contributed by atoms with Gasteiger partial charge in [0.05, 0.1) is 7.11 Å². The van der Waals surface area contributed by atoms with E-state index < -0.39 is 0 Å². The minimum absolute atomic E-state index is 0.0737. The maximum absolute atomic E-state index is 12.6. The molecule has 0 aliphatic carbocycles. The van der Waals surface area contributed by atoms with Crippen molar-refractivity contribution in [2.75, 3.05) is 25.1 Å². The summed E-state index contributed by atoms with van der Waals surface area (Å²) in [5, 5.41) is 0. The number of piperidine rings is 1. The van der Waals surface area contributed by atoms with Crippen LogP contribution in [0, 0.1) is 5.92 Å². The van der Waals surface area contributed by atoms with E-state index in [0.29, 0.717) is 23.9 Å². The molecule has 22 heavy (non-hydrogen) atoms. The average Bonchev–Trinajstić information content (AvgIpc) is 2.62. The zero-order valence-electron chi connectivity index (χ0n) is 12.5. The average molecular weight is 298 g/mol. The molecule has 0 saturated carbocycles. The van der Waals surface area contributed by atoms with E-state index in [0.717, 1.165) is 19.4 Å². The molecule has 6 heteroatoms. The summed E-state index contributed by atoms with van der Waals surface area (Å²) < 4.78 is 5.27. The van der Waals surface area contributed by atoms with Gasteiger partial charge in [-0.25, -0.2) is 9.97 Å². The predicted octanol–water partition coefficient (Wildman–Crippen LogP) is 1.98. The lowest BCUT2D eigenvalue weighted by atomic mass is 9.92. The molecule has 2 aromatic rings. The monoisotopic (exact) mass is 298 g/mol. The van der Waals surface area contributed by atoms with Crippen LogP contribution in [0.15, 0.2) is 36.8 Å². The van der Waals surface area contributed by atoms with Gasteiger partial charge in [0, 0.05) is 37.6 Å². The van der Waals surface area contributed by atoms with E-state index in [2.05, 4.69) is 19.9 Å². The number of aromatic nitrogens is 3. The van der Waals surface area contributed by atoms with Crippen molar-refractivity contribution in [2.24, 2.45) is 5.92 Å². The highest BCUT2D eigenvalue weighted by Gasteiger charge is 2.29. The van der Waals surface area contributed by atoms with E-state index in [-0.39, 0.29) is 11.7 Å². The first-order valence-corrected chi connectivity index (χ1v) is 7.35. The van der Waals surface area contributed by atoms with Gasteiger partial charge in [0.2, 0.25) is 0 Å². The molecule has 0 radical (unpaired) electrons. The van der Waals surface area contributed by atoms with E-state index in [1.54, 1.807) is 31.8 Å². The van der Waals surface area contributed by atoms with Crippen molar-refractivity contribution < 1.29 is 9.53 Å². The predicted molar refractivity (Wildman–Crippen MR) is 82.1 cm³/mol. The molecular weight excluding hydrogens is 280 g/mol. The van der Waals surface area contributed by atoms with Gasteiger partial charge in [-0.2, -0.15) is 0 Å². The molecule has 6 nitrogen and oxygen atoms in total.